The fourth-order valence-electron chi connectivity index (χ4n) is 4.21. The average molecular weight is 442 g/mol. The van der Waals surface area contributed by atoms with Crippen LogP contribution in [0.3, 0.4) is 0 Å². The van der Waals surface area contributed by atoms with Crippen LogP contribution in [0.4, 0.5) is 5.69 Å². The number of nitrogens with one attached hydrogen (secondary N) is 1. The van der Waals surface area contributed by atoms with Crippen molar-refractivity contribution in [2.75, 3.05) is 50.8 Å². The summed E-state index contributed by atoms with van der Waals surface area (Å²) in [6.07, 6.45) is 3.74. The van der Waals surface area contributed by atoms with E-state index in [0.29, 0.717) is 32.7 Å². The zero-order valence-electron chi connectivity index (χ0n) is 18.3. The highest BCUT2D eigenvalue weighted by molar-refractivity contribution is 6.01. The van der Waals surface area contributed by atoms with Gasteiger partial charge in [-0.15, -0.1) is 5.10 Å². The van der Waals surface area contributed by atoms with Crippen molar-refractivity contribution in [2.24, 2.45) is 5.73 Å². The minimum absolute atomic E-state index is 0.180. The molecule has 1 aromatic heterocycles. The zero-order chi connectivity index (χ0) is 22.3. The number of aromatic nitrogens is 3. The van der Waals surface area contributed by atoms with Crippen LogP contribution < -0.4 is 16.0 Å². The van der Waals surface area contributed by atoms with E-state index in [4.69, 9.17) is 10.5 Å². The largest absolute Gasteiger partial charge is 0.369 e. The number of ether oxygens (including phenoxy) is 1. The standard InChI is InChI=1S/C22H31N7O3/c23-7-13-32-16-29-15-18(25-26-29)6-8-27-9-11-28(12-10-27)19-3-1-2-17(14-19)20-4-5-21(30)24-22(20)31/h1-3,14-15,20H,4-13,16,23H2,(H,24,30,31). The Morgan fingerprint density at radius 3 is 2.81 bits per heavy atom. The Morgan fingerprint density at radius 2 is 2.03 bits per heavy atom. The van der Waals surface area contributed by atoms with Gasteiger partial charge in [0, 0.05) is 57.8 Å². The summed E-state index contributed by atoms with van der Waals surface area (Å²) in [6, 6.07) is 8.17. The molecule has 4 rings (SSSR count). The van der Waals surface area contributed by atoms with Crippen molar-refractivity contribution >= 4 is 17.5 Å². The van der Waals surface area contributed by atoms with Gasteiger partial charge in [-0.2, -0.15) is 0 Å². The predicted molar refractivity (Wildman–Crippen MR) is 119 cm³/mol. The Kier molecular flexibility index (Phi) is 7.46. The Labute approximate surface area is 187 Å². The van der Waals surface area contributed by atoms with Crippen molar-refractivity contribution in [3.8, 4) is 0 Å². The number of piperidine rings is 1. The molecule has 32 heavy (non-hydrogen) atoms. The summed E-state index contributed by atoms with van der Waals surface area (Å²) >= 11 is 0. The third-order valence-corrected chi connectivity index (χ3v) is 6.01. The molecular formula is C22H31N7O3. The first-order valence-electron chi connectivity index (χ1n) is 11.2. The van der Waals surface area contributed by atoms with Gasteiger partial charge in [-0.05, 0) is 24.1 Å². The van der Waals surface area contributed by atoms with Crippen LogP contribution >= 0.6 is 0 Å². The third kappa shape index (κ3) is 5.70. The summed E-state index contributed by atoms with van der Waals surface area (Å²) in [6.45, 7) is 6.11. The van der Waals surface area contributed by atoms with Crippen molar-refractivity contribution in [1.82, 2.24) is 25.2 Å². The molecule has 1 unspecified atom stereocenters. The van der Waals surface area contributed by atoms with Crippen molar-refractivity contribution in [3.63, 3.8) is 0 Å². The van der Waals surface area contributed by atoms with Crippen LogP contribution in [-0.4, -0.2) is 77.6 Å². The number of hydrogen-bond donors (Lipinski definition) is 2. The van der Waals surface area contributed by atoms with E-state index >= 15 is 0 Å². The first kappa shape index (κ1) is 22.4. The zero-order valence-corrected chi connectivity index (χ0v) is 18.3. The number of hydrogen-bond acceptors (Lipinski definition) is 8. The van der Waals surface area contributed by atoms with E-state index < -0.39 is 0 Å². The lowest BCUT2D eigenvalue weighted by Gasteiger charge is -2.36. The van der Waals surface area contributed by atoms with Crippen LogP contribution in [0.15, 0.2) is 30.5 Å². The molecule has 2 aliphatic heterocycles. The Bertz CT molecular complexity index is 924. The van der Waals surface area contributed by atoms with Crippen LogP contribution in [0.25, 0.3) is 0 Å². The molecule has 3 N–H and O–H groups in total. The molecule has 0 saturated carbocycles. The molecule has 2 amide bonds. The van der Waals surface area contributed by atoms with Crippen molar-refractivity contribution < 1.29 is 14.3 Å². The summed E-state index contributed by atoms with van der Waals surface area (Å²) < 4.78 is 7.06. The number of imide groups is 1. The molecule has 2 fully saturated rings. The third-order valence-electron chi connectivity index (χ3n) is 6.01. The van der Waals surface area contributed by atoms with Crippen LogP contribution in [0.1, 0.15) is 30.0 Å². The van der Waals surface area contributed by atoms with Gasteiger partial charge in [0.15, 0.2) is 0 Å². The molecule has 1 atom stereocenters. The number of amides is 2. The lowest BCUT2D eigenvalue weighted by atomic mass is 9.90. The number of anilines is 1. The molecule has 2 aromatic rings. The second kappa shape index (κ2) is 10.7. The molecule has 0 aliphatic carbocycles. The van der Waals surface area contributed by atoms with Crippen LogP contribution in [0, 0.1) is 0 Å². The minimum atomic E-state index is -0.247. The number of nitrogens with two attached hydrogens (primary N) is 1. The first-order chi connectivity index (χ1) is 15.6. The van der Waals surface area contributed by atoms with Gasteiger partial charge < -0.3 is 15.4 Å². The lowest BCUT2D eigenvalue weighted by molar-refractivity contribution is -0.134. The number of carbonyl (C=O) groups is 2. The maximum atomic E-state index is 12.2. The number of rotatable bonds is 9. The second-order valence-corrected chi connectivity index (χ2v) is 8.25. The fraction of sp³-hybridized carbons (Fsp3) is 0.545. The van der Waals surface area contributed by atoms with Gasteiger partial charge in [-0.3, -0.25) is 19.8 Å². The van der Waals surface area contributed by atoms with Gasteiger partial charge in [-0.1, -0.05) is 17.3 Å². The number of carbonyl (C=O) groups excluding carboxylic acids is 2. The van der Waals surface area contributed by atoms with Crippen LogP contribution in [-0.2, 0) is 27.5 Å². The van der Waals surface area contributed by atoms with E-state index in [9.17, 15) is 9.59 Å². The summed E-state index contributed by atoms with van der Waals surface area (Å²) in [5.41, 5.74) is 8.49. The van der Waals surface area contributed by atoms with Gasteiger partial charge in [0.1, 0.15) is 6.73 Å². The van der Waals surface area contributed by atoms with Gasteiger partial charge in [0.2, 0.25) is 11.8 Å². The molecule has 1 aromatic carbocycles. The molecule has 0 spiro atoms. The SMILES string of the molecule is NCCOCn1cc(CCN2CCN(c3cccc(C4CCC(=O)NC4=O)c3)CC2)nn1. The van der Waals surface area contributed by atoms with E-state index in [2.05, 4.69) is 37.6 Å². The minimum Gasteiger partial charge on any atom is -0.369 e. The van der Waals surface area contributed by atoms with E-state index in [-0.39, 0.29) is 17.7 Å². The Morgan fingerprint density at radius 1 is 1.19 bits per heavy atom. The quantitative estimate of drug-likeness (QED) is 0.415. The molecule has 10 nitrogen and oxygen atoms in total. The molecule has 0 radical (unpaired) electrons. The molecule has 2 aliphatic rings. The topological polar surface area (TPSA) is 119 Å². The molecule has 0 bridgehead atoms. The summed E-state index contributed by atoms with van der Waals surface area (Å²) in [4.78, 5) is 28.4. The highest BCUT2D eigenvalue weighted by Gasteiger charge is 2.28. The Hall–Kier alpha value is -2.82. The summed E-state index contributed by atoms with van der Waals surface area (Å²) in [7, 11) is 0. The van der Waals surface area contributed by atoms with Gasteiger partial charge in [-0.25, -0.2) is 4.68 Å². The number of benzene rings is 1. The normalized spacial score (nSPS) is 19.9. The van der Waals surface area contributed by atoms with Gasteiger partial charge in [0.05, 0.1) is 24.4 Å². The van der Waals surface area contributed by atoms with Gasteiger partial charge in [0.25, 0.3) is 0 Å². The van der Waals surface area contributed by atoms with E-state index in [1.54, 1.807) is 4.68 Å². The highest BCUT2D eigenvalue weighted by atomic mass is 16.5. The van der Waals surface area contributed by atoms with E-state index in [1.807, 2.05) is 18.3 Å². The smallest absolute Gasteiger partial charge is 0.234 e. The lowest BCUT2D eigenvalue weighted by Crippen LogP contribution is -2.47. The fourth-order valence-corrected chi connectivity index (χ4v) is 4.21. The first-order valence-corrected chi connectivity index (χ1v) is 11.2. The van der Waals surface area contributed by atoms with E-state index in [1.165, 1.54) is 0 Å². The average Bonchev–Trinajstić information content (AvgIpc) is 3.26. The molecule has 3 heterocycles. The summed E-state index contributed by atoms with van der Waals surface area (Å²) in [5, 5.41) is 10.8. The predicted octanol–water partition coefficient (Wildman–Crippen LogP) is 0.0958. The van der Waals surface area contributed by atoms with Crippen LogP contribution in [0.2, 0.25) is 0 Å². The van der Waals surface area contributed by atoms with Crippen molar-refractivity contribution in [1.29, 1.82) is 0 Å². The number of piperazine rings is 1. The van der Waals surface area contributed by atoms with Crippen LogP contribution in [0.5, 0.6) is 0 Å². The molecule has 2 saturated heterocycles. The number of nitrogens with zero attached hydrogens (tertiary/aromatic N) is 5. The van der Waals surface area contributed by atoms with Crippen molar-refractivity contribution in [2.45, 2.75) is 31.9 Å². The molecule has 172 valence electrons. The molecular weight excluding hydrogens is 410 g/mol. The van der Waals surface area contributed by atoms with Gasteiger partial charge >= 0.3 is 0 Å². The molecule has 10 heteroatoms. The van der Waals surface area contributed by atoms with Crippen molar-refractivity contribution in [3.05, 3.63) is 41.7 Å². The second-order valence-electron chi connectivity index (χ2n) is 8.25. The maximum Gasteiger partial charge on any atom is 0.234 e. The monoisotopic (exact) mass is 441 g/mol. The van der Waals surface area contributed by atoms with E-state index in [0.717, 1.165) is 56.1 Å². The summed E-state index contributed by atoms with van der Waals surface area (Å²) in [5.74, 6) is -0.616. The Balaban J connectivity index is 1.25. The highest BCUT2D eigenvalue weighted by Crippen LogP contribution is 2.28. The maximum absolute atomic E-state index is 12.2.